The number of anilines is 1. The second-order valence-electron chi connectivity index (χ2n) is 4.65. The first-order chi connectivity index (χ1) is 9.04. The quantitative estimate of drug-likeness (QED) is 0.652. The Bertz CT molecular complexity index is 598. The van der Waals surface area contributed by atoms with Gasteiger partial charge in [0.1, 0.15) is 0 Å². The fraction of sp³-hybridized carbons (Fsp3) is 0.286. The number of aryl methyl sites for hydroxylation is 3. The van der Waals surface area contributed by atoms with Crippen molar-refractivity contribution in [2.24, 2.45) is 17.8 Å². The van der Waals surface area contributed by atoms with Crippen molar-refractivity contribution in [3.05, 3.63) is 47.3 Å². The van der Waals surface area contributed by atoms with E-state index in [4.69, 9.17) is 5.73 Å². The predicted octanol–water partition coefficient (Wildman–Crippen LogP) is 1.96. The van der Waals surface area contributed by atoms with Crippen molar-refractivity contribution in [3.63, 3.8) is 0 Å². The molecule has 0 atom stereocenters. The first-order valence-corrected chi connectivity index (χ1v) is 6.16. The third kappa shape index (κ3) is 3.58. The molecule has 0 fully saturated rings. The second-order valence-corrected chi connectivity index (χ2v) is 4.65. The largest absolute Gasteiger partial charge is 0.370 e. The topological polar surface area (TPSA) is 68.2 Å². The summed E-state index contributed by atoms with van der Waals surface area (Å²) in [6.45, 7) is 4.68. The fourth-order valence-electron chi connectivity index (χ4n) is 1.74. The molecule has 5 nitrogen and oxygen atoms in total. The third-order valence-electron chi connectivity index (χ3n) is 2.97. The van der Waals surface area contributed by atoms with Crippen LogP contribution in [0.25, 0.3) is 0 Å². The van der Waals surface area contributed by atoms with E-state index >= 15 is 0 Å². The summed E-state index contributed by atoms with van der Waals surface area (Å²) in [6, 6.07) is 6.11. The number of hydrogen-bond acceptors (Lipinski definition) is 2. The summed E-state index contributed by atoms with van der Waals surface area (Å²) in [6.07, 6.45) is 3.71. The lowest BCUT2D eigenvalue weighted by Gasteiger charge is -2.07. The maximum Gasteiger partial charge on any atom is 0.193 e. The Kier molecular flexibility index (Phi) is 3.85. The van der Waals surface area contributed by atoms with Gasteiger partial charge in [-0.1, -0.05) is 6.07 Å². The van der Waals surface area contributed by atoms with Crippen molar-refractivity contribution < 1.29 is 0 Å². The Morgan fingerprint density at radius 1 is 1.37 bits per heavy atom. The number of rotatable bonds is 3. The van der Waals surface area contributed by atoms with Crippen molar-refractivity contribution in [3.8, 4) is 0 Å². The molecule has 0 bridgehead atoms. The van der Waals surface area contributed by atoms with Crippen LogP contribution in [-0.4, -0.2) is 15.7 Å². The van der Waals surface area contributed by atoms with Crippen LogP contribution < -0.4 is 11.1 Å². The molecular weight excluding hydrogens is 238 g/mol. The first-order valence-electron chi connectivity index (χ1n) is 6.16. The van der Waals surface area contributed by atoms with E-state index in [1.165, 1.54) is 11.1 Å². The Labute approximate surface area is 113 Å². The number of nitrogens with one attached hydrogen (secondary N) is 1. The molecule has 0 saturated heterocycles. The van der Waals surface area contributed by atoms with Crippen LogP contribution in [0.15, 0.2) is 35.6 Å². The van der Waals surface area contributed by atoms with E-state index in [0.717, 1.165) is 11.3 Å². The number of guanidine groups is 1. The molecule has 2 aromatic rings. The average molecular weight is 257 g/mol. The number of benzene rings is 1. The highest BCUT2D eigenvalue weighted by Gasteiger charge is 1.99. The van der Waals surface area contributed by atoms with Gasteiger partial charge in [0.15, 0.2) is 5.96 Å². The number of aliphatic imine (C=N–C) groups is 1. The van der Waals surface area contributed by atoms with Crippen LogP contribution in [0.2, 0.25) is 0 Å². The molecular formula is C14H19N5. The molecule has 0 aliphatic rings. The highest BCUT2D eigenvalue weighted by Crippen LogP contribution is 2.13. The van der Waals surface area contributed by atoms with Crippen molar-refractivity contribution >= 4 is 11.6 Å². The molecule has 0 aliphatic heterocycles. The molecule has 1 heterocycles. The van der Waals surface area contributed by atoms with Crippen LogP contribution in [0.4, 0.5) is 5.69 Å². The number of aromatic nitrogens is 2. The Morgan fingerprint density at radius 2 is 2.16 bits per heavy atom. The van der Waals surface area contributed by atoms with E-state index in [-0.39, 0.29) is 0 Å². The lowest BCUT2D eigenvalue weighted by atomic mass is 10.1. The van der Waals surface area contributed by atoms with Gasteiger partial charge in [-0.15, -0.1) is 0 Å². The molecule has 0 amide bonds. The number of nitrogens with two attached hydrogens (primary N) is 1. The van der Waals surface area contributed by atoms with Crippen LogP contribution >= 0.6 is 0 Å². The lowest BCUT2D eigenvalue weighted by molar-refractivity contribution is 0.767. The van der Waals surface area contributed by atoms with Crippen LogP contribution in [-0.2, 0) is 13.6 Å². The minimum atomic E-state index is 0.409. The van der Waals surface area contributed by atoms with Gasteiger partial charge in [0.05, 0.1) is 12.7 Å². The summed E-state index contributed by atoms with van der Waals surface area (Å²) < 4.78 is 1.75. The van der Waals surface area contributed by atoms with Crippen LogP contribution in [0.3, 0.4) is 0 Å². The Morgan fingerprint density at radius 3 is 2.79 bits per heavy atom. The molecule has 3 N–H and O–H groups in total. The van der Waals surface area contributed by atoms with E-state index in [1.807, 2.05) is 19.3 Å². The third-order valence-corrected chi connectivity index (χ3v) is 2.97. The normalized spacial score (nSPS) is 11.6. The van der Waals surface area contributed by atoms with E-state index in [9.17, 15) is 0 Å². The van der Waals surface area contributed by atoms with Crippen molar-refractivity contribution in [2.45, 2.75) is 20.4 Å². The van der Waals surface area contributed by atoms with Gasteiger partial charge in [0.25, 0.3) is 0 Å². The Hall–Kier alpha value is -2.30. The standard InChI is InChI=1S/C14H19N5/c1-10-4-5-13(6-11(10)2)18-14(15)16-7-12-8-17-19(3)9-12/h4-6,8-9H,7H2,1-3H3,(H3,15,16,18). The summed E-state index contributed by atoms with van der Waals surface area (Å²) >= 11 is 0. The highest BCUT2D eigenvalue weighted by atomic mass is 15.2. The molecule has 0 spiro atoms. The minimum absolute atomic E-state index is 0.409. The fourth-order valence-corrected chi connectivity index (χ4v) is 1.74. The second kappa shape index (κ2) is 5.56. The maximum atomic E-state index is 5.86. The lowest BCUT2D eigenvalue weighted by Crippen LogP contribution is -2.22. The summed E-state index contributed by atoms with van der Waals surface area (Å²) in [5.41, 5.74) is 10.3. The van der Waals surface area contributed by atoms with Gasteiger partial charge < -0.3 is 11.1 Å². The van der Waals surface area contributed by atoms with Crippen LogP contribution in [0, 0.1) is 13.8 Å². The van der Waals surface area contributed by atoms with E-state index in [0.29, 0.717) is 12.5 Å². The van der Waals surface area contributed by atoms with Crippen molar-refractivity contribution in [1.82, 2.24) is 9.78 Å². The first kappa shape index (κ1) is 13.1. The molecule has 2 rings (SSSR count). The van der Waals surface area contributed by atoms with Crippen molar-refractivity contribution in [1.29, 1.82) is 0 Å². The van der Waals surface area contributed by atoms with Gasteiger partial charge in [-0.05, 0) is 37.1 Å². The zero-order chi connectivity index (χ0) is 13.8. The molecule has 1 aromatic heterocycles. The molecule has 19 heavy (non-hydrogen) atoms. The van der Waals surface area contributed by atoms with Gasteiger partial charge in [-0.25, -0.2) is 4.99 Å². The zero-order valence-electron chi connectivity index (χ0n) is 11.5. The summed E-state index contributed by atoms with van der Waals surface area (Å²) in [7, 11) is 1.88. The minimum Gasteiger partial charge on any atom is -0.370 e. The maximum absolute atomic E-state index is 5.86. The molecule has 0 aliphatic carbocycles. The molecule has 1 aromatic carbocycles. The summed E-state index contributed by atoms with van der Waals surface area (Å²) in [5.74, 6) is 0.409. The van der Waals surface area contributed by atoms with Crippen LogP contribution in [0.1, 0.15) is 16.7 Å². The van der Waals surface area contributed by atoms with Crippen molar-refractivity contribution in [2.75, 3.05) is 5.32 Å². The smallest absolute Gasteiger partial charge is 0.193 e. The predicted molar refractivity (Wildman–Crippen MR) is 78.1 cm³/mol. The van der Waals surface area contributed by atoms with E-state index < -0.39 is 0 Å². The molecule has 5 heteroatoms. The van der Waals surface area contributed by atoms with E-state index in [2.05, 4.69) is 41.4 Å². The van der Waals surface area contributed by atoms with E-state index in [1.54, 1.807) is 10.9 Å². The highest BCUT2D eigenvalue weighted by molar-refractivity contribution is 5.92. The number of nitrogens with zero attached hydrogens (tertiary/aromatic N) is 3. The average Bonchev–Trinajstić information content (AvgIpc) is 2.77. The summed E-state index contributed by atoms with van der Waals surface area (Å²) in [5, 5.41) is 7.17. The van der Waals surface area contributed by atoms with Gasteiger partial charge in [-0.3, -0.25) is 4.68 Å². The van der Waals surface area contributed by atoms with Gasteiger partial charge >= 0.3 is 0 Å². The monoisotopic (exact) mass is 257 g/mol. The van der Waals surface area contributed by atoms with Gasteiger partial charge in [-0.2, -0.15) is 5.10 Å². The van der Waals surface area contributed by atoms with Gasteiger partial charge in [0, 0.05) is 24.5 Å². The molecule has 0 unspecified atom stereocenters. The summed E-state index contributed by atoms with van der Waals surface area (Å²) in [4.78, 5) is 4.29. The molecule has 100 valence electrons. The molecule has 0 radical (unpaired) electrons. The SMILES string of the molecule is Cc1ccc(NC(N)=NCc2cnn(C)c2)cc1C. The zero-order valence-corrected chi connectivity index (χ0v) is 11.5. The van der Waals surface area contributed by atoms with Gasteiger partial charge in [0.2, 0.25) is 0 Å². The molecule has 0 saturated carbocycles. The number of hydrogen-bond donors (Lipinski definition) is 2. The Balaban J connectivity index is 1.99. The van der Waals surface area contributed by atoms with Crippen LogP contribution in [0.5, 0.6) is 0 Å².